The first-order chi connectivity index (χ1) is 25.1. The Balaban J connectivity index is 1.51. The Morgan fingerprint density at radius 3 is 2.04 bits per heavy atom. The lowest BCUT2D eigenvalue weighted by Gasteiger charge is -2.13. The second-order valence-electron chi connectivity index (χ2n) is 13.3. The monoisotopic (exact) mass is 717 g/mol. The van der Waals surface area contributed by atoms with E-state index in [0.29, 0.717) is 52.5 Å². The number of phenols is 1. The molecule has 2 aromatic carbocycles. The lowest BCUT2D eigenvalue weighted by atomic mass is 10.1. The largest absolute Gasteiger partial charge is 0.506 e. The van der Waals surface area contributed by atoms with Crippen LogP contribution in [0.4, 0.5) is 0 Å². The van der Waals surface area contributed by atoms with Crippen molar-refractivity contribution in [3.63, 3.8) is 0 Å². The number of aryl methyl sites for hydroxylation is 6. The molecule has 0 fully saturated rings. The van der Waals surface area contributed by atoms with Crippen LogP contribution in [0.15, 0.2) is 70.2 Å². The van der Waals surface area contributed by atoms with Gasteiger partial charge in [0.05, 0.1) is 27.9 Å². The van der Waals surface area contributed by atoms with Crippen molar-refractivity contribution in [1.82, 2.24) is 37.8 Å². The number of nitrogens with two attached hydrogens (primary N) is 1. The van der Waals surface area contributed by atoms with Gasteiger partial charge in [0.15, 0.2) is 0 Å². The second kappa shape index (κ2) is 13.9. The SMILES string of the molecule is C=Cn1nc(C)cc1C(=O)N=c1n(C)c2cc(C)ccc2n1C/C(C)=C(\C)Cn1c(=NC(=O)c2cc(C)nn2CC)n(C)c2cc(C(N)=O)cc(O)c21. The van der Waals surface area contributed by atoms with E-state index in [4.69, 9.17) is 5.73 Å². The minimum absolute atomic E-state index is 0.114. The molecule has 274 valence electrons. The van der Waals surface area contributed by atoms with Crippen molar-refractivity contribution >= 4 is 46.0 Å². The van der Waals surface area contributed by atoms with Gasteiger partial charge < -0.3 is 29.1 Å². The number of aromatic nitrogens is 8. The third-order valence-corrected chi connectivity index (χ3v) is 9.44. The van der Waals surface area contributed by atoms with Gasteiger partial charge in [-0.3, -0.25) is 19.1 Å². The molecule has 4 aromatic heterocycles. The molecule has 0 spiro atoms. The zero-order chi connectivity index (χ0) is 38.5. The van der Waals surface area contributed by atoms with E-state index in [1.54, 1.807) is 52.9 Å². The number of aromatic hydroxyl groups is 1. The molecule has 0 atom stereocenters. The van der Waals surface area contributed by atoms with Crippen molar-refractivity contribution < 1.29 is 19.5 Å². The number of carbonyl (C=O) groups is 3. The Morgan fingerprint density at radius 1 is 0.811 bits per heavy atom. The van der Waals surface area contributed by atoms with Crippen molar-refractivity contribution in [2.75, 3.05) is 0 Å². The van der Waals surface area contributed by atoms with Crippen LogP contribution in [0.5, 0.6) is 5.75 Å². The highest BCUT2D eigenvalue weighted by molar-refractivity contribution is 5.98. The van der Waals surface area contributed by atoms with Gasteiger partial charge >= 0.3 is 0 Å². The normalized spacial score (nSPS) is 13.0. The van der Waals surface area contributed by atoms with Crippen molar-refractivity contribution in [1.29, 1.82) is 0 Å². The summed E-state index contributed by atoms with van der Waals surface area (Å²) < 4.78 is 10.3. The first kappa shape index (κ1) is 36.3. The predicted octanol–water partition coefficient (Wildman–Crippen LogP) is 4.03. The van der Waals surface area contributed by atoms with Crippen LogP contribution in [0.25, 0.3) is 28.3 Å². The number of fused-ring (bicyclic) bond motifs is 2. The van der Waals surface area contributed by atoms with Crippen LogP contribution in [-0.2, 0) is 33.7 Å². The number of primary amides is 1. The standard InChI is InChI=1S/C38H43N11O4/c1-10-48-30(15-24(6)42-48)35(52)40-37-44(8)28-14-21(3)12-13-27(28)46(37)19-22(4)23(5)20-47-33-29(17-26(34(39)51)18-32(33)50)45(9)38(47)41-36(53)31-16-25(7)43-49(31)11-2/h10,12-18,50H,1,11,19-20H2,2-9H3,(H2,39,51)/b23-22+,40-37?,41-38?. The Kier molecular flexibility index (Phi) is 9.52. The highest BCUT2D eigenvalue weighted by atomic mass is 16.3. The summed E-state index contributed by atoms with van der Waals surface area (Å²) >= 11 is 0. The first-order valence-corrected chi connectivity index (χ1v) is 17.1. The zero-order valence-electron chi connectivity index (χ0n) is 31.2. The molecule has 0 saturated carbocycles. The molecule has 15 nitrogen and oxygen atoms in total. The van der Waals surface area contributed by atoms with Crippen molar-refractivity contribution in [3.8, 4) is 5.75 Å². The van der Waals surface area contributed by atoms with Crippen LogP contribution in [0.1, 0.15) is 69.1 Å². The van der Waals surface area contributed by atoms with E-state index in [-0.39, 0.29) is 23.5 Å². The number of hydrogen-bond acceptors (Lipinski definition) is 6. The Bertz CT molecular complexity index is 2680. The summed E-state index contributed by atoms with van der Waals surface area (Å²) in [7, 11) is 3.58. The third kappa shape index (κ3) is 6.56. The van der Waals surface area contributed by atoms with E-state index < -0.39 is 17.7 Å². The number of carbonyl (C=O) groups excluding carboxylic acids is 3. The molecule has 0 aliphatic rings. The summed E-state index contributed by atoms with van der Waals surface area (Å²) in [5, 5.41) is 20.0. The molecule has 4 heterocycles. The minimum atomic E-state index is -0.704. The topological polar surface area (TPSA) is 178 Å². The molecular formula is C38H43N11O4. The van der Waals surface area contributed by atoms with E-state index in [1.165, 1.54) is 16.9 Å². The van der Waals surface area contributed by atoms with E-state index in [0.717, 1.165) is 27.7 Å². The fourth-order valence-corrected chi connectivity index (χ4v) is 6.59. The molecule has 6 aromatic rings. The summed E-state index contributed by atoms with van der Waals surface area (Å²) in [6.07, 6.45) is 1.47. The van der Waals surface area contributed by atoms with Crippen LogP contribution in [0, 0.1) is 20.8 Å². The number of rotatable bonds is 9. The molecule has 15 heteroatoms. The lowest BCUT2D eigenvalue weighted by Crippen LogP contribution is -2.28. The summed E-state index contributed by atoms with van der Waals surface area (Å²) in [6, 6.07) is 12.3. The number of amides is 3. The average Bonchev–Trinajstić information content (AvgIpc) is 3.83. The molecule has 6 rings (SSSR count). The fraction of sp³-hybridized carbons (Fsp3) is 0.289. The van der Waals surface area contributed by atoms with Gasteiger partial charge in [0.2, 0.25) is 17.1 Å². The maximum absolute atomic E-state index is 13.7. The molecule has 0 unspecified atom stereocenters. The first-order valence-electron chi connectivity index (χ1n) is 17.1. The van der Waals surface area contributed by atoms with E-state index >= 15 is 0 Å². The van der Waals surface area contributed by atoms with Crippen LogP contribution < -0.4 is 17.0 Å². The highest BCUT2D eigenvalue weighted by Crippen LogP contribution is 2.27. The van der Waals surface area contributed by atoms with Gasteiger partial charge in [-0.25, -0.2) is 4.68 Å². The quantitative estimate of drug-likeness (QED) is 0.213. The van der Waals surface area contributed by atoms with Gasteiger partial charge in [0, 0.05) is 45.5 Å². The van der Waals surface area contributed by atoms with E-state index in [2.05, 4.69) is 26.8 Å². The van der Waals surface area contributed by atoms with Gasteiger partial charge in [-0.05, 0) is 83.5 Å². The average molecular weight is 718 g/mol. The molecule has 0 saturated heterocycles. The fourth-order valence-electron chi connectivity index (χ4n) is 6.59. The molecule has 0 radical (unpaired) electrons. The minimum Gasteiger partial charge on any atom is -0.506 e. The molecular weight excluding hydrogens is 674 g/mol. The second-order valence-corrected chi connectivity index (χ2v) is 13.3. The number of phenolic OH excluding ortho intramolecular Hbond substituents is 1. The van der Waals surface area contributed by atoms with Crippen molar-refractivity contribution in [2.24, 2.45) is 29.8 Å². The van der Waals surface area contributed by atoms with Gasteiger partial charge in [-0.1, -0.05) is 23.8 Å². The number of benzene rings is 2. The summed E-state index contributed by atoms with van der Waals surface area (Å²) in [4.78, 5) is 48.6. The van der Waals surface area contributed by atoms with Crippen LogP contribution in [-0.4, -0.2) is 60.7 Å². The maximum atomic E-state index is 13.7. The molecule has 3 amide bonds. The highest BCUT2D eigenvalue weighted by Gasteiger charge is 2.21. The third-order valence-electron chi connectivity index (χ3n) is 9.44. The summed E-state index contributed by atoms with van der Waals surface area (Å²) in [5.74, 6) is -1.86. The van der Waals surface area contributed by atoms with E-state index in [1.807, 2.05) is 62.1 Å². The van der Waals surface area contributed by atoms with Gasteiger partial charge in [0.1, 0.15) is 22.7 Å². The predicted molar refractivity (Wildman–Crippen MR) is 201 cm³/mol. The summed E-state index contributed by atoms with van der Waals surface area (Å²) in [6.45, 7) is 16.3. The number of imidazole rings is 2. The van der Waals surface area contributed by atoms with Gasteiger partial charge in [0.25, 0.3) is 11.8 Å². The Morgan fingerprint density at radius 2 is 1.40 bits per heavy atom. The number of allylic oxidation sites excluding steroid dienone is 2. The van der Waals surface area contributed by atoms with Crippen molar-refractivity contribution in [2.45, 2.75) is 61.2 Å². The van der Waals surface area contributed by atoms with E-state index in [9.17, 15) is 19.5 Å². The van der Waals surface area contributed by atoms with Crippen molar-refractivity contribution in [3.05, 3.63) is 105 Å². The number of hydrogen-bond donors (Lipinski definition) is 2. The molecule has 3 N–H and O–H groups in total. The molecule has 0 aliphatic heterocycles. The Labute approximate surface area is 304 Å². The van der Waals surface area contributed by atoms with Crippen LogP contribution >= 0.6 is 0 Å². The molecule has 53 heavy (non-hydrogen) atoms. The Hall–Kier alpha value is -6.51. The van der Waals surface area contributed by atoms with Gasteiger partial charge in [-0.2, -0.15) is 20.2 Å². The maximum Gasteiger partial charge on any atom is 0.298 e. The zero-order valence-corrected chi connectivity index (χ0v) is 31.2. The van der Waals surface area contributed by atoms with Crippen LogP contribution in [0.3, 0.4) is 0 Å². The number of nitrogens with zero attached hydrogens (tertiary/aromatic N) is 10. The molecule has 0 aliphatic carbocycles. The summed E-state index contributed by atoms with van der Waals surface area (Å²) in [5.41, 5.74) is 13.9. The smallest absolute Gasteiger partial charge is 0.298 e. The molecule has 0 bridgehead atoms. The lowest BCUT2D eigenvalue weighted by molar-refractivity contribution is 0.0979. The van der Waals surface area contributed by atoms with Crippen LogP contribution in [0.2, 0.25) is 0 Å². The van der Waals surface area contributed by atoms with Gasteiger partial charge in [-0.15, -0.1) is 0 Å².